The Labute approximate surface area is 295 Å². The smallest absolute Gasteiger partial charge is 0.306 e. The molecule has 0 spiro atoms. The Morgan fingerprint density at radius 3 is 1.44 bits per heavy atom. The van der Waals surface area contributed by atoms with E-state index in [0.29, 0.717) is 12.8 Å². The third kappa shape index (κ3) is 35.9. The molecular formula is C43H70O5. The third-order valence-corrected chi connectivity index (χ3v) is 7.69. The zero-order chi connectivity index (χ0) is 35.0. The normalized spacial score (nSPS) is 13.1. The monoisotopic (exact) mass is 667 g/mol. The fraction of sp³-hybridized carbons (Fsp3) is 0.628. The van der Waals surface area contributed by atoms with Gasteiger partial charge in [0.15, 0.2) is 6.10 Å². The Morgan fingerprint density at radius 2 is 0.938 bits per heavy atom. The van der Waals surface area contributed by atoms with Gasteiger partial charge in [-0.3, -0.25) is 9.59 Å². The lowest BCUT2D eigenvalue weighted by atomic mass is 10.1. The number of aliphatic hydroxyl groups excluding tert-OH is 1. The van der Waals surface area contributed by atoms with Crippen molar-refractivity contribution in [3.63, 3.8) is 0 Å². The summed E-state index contributed by atoms with van der Waals surface area (Å²) in [5, 5.41) is 9.53. The second kappa shape index (κ2) is 38.5. The van der Waals surface area contributed by atoms with E-state index in [-0.39, 0.29) is 25.6 Å². The molecule has 0 saturated heterocycles. The number of rotatable bonds is 33. The molecule has 0 heterocycles. The van der Waals surface area contributed by atoms with E-state index in [9.17, 15) is 14.7 Å². The van der Waals surface area contributed by atoms with Crippen LogP contribution >= 0.6 is 0 Å². The number of allylic oxidation sites excluding steroid dienone is 14. The Morgan fingerprint density at radius 1 is 0.500 bits per heavy atom. The van der Waals surface area contributed by atoms with Gasteiger partial charge in [0.2, 0.25) is 0 Å². The van der Waals surface area contributed by atoms with Crippen LogP contribution in [0.25, 0.3) is 0 Å². The summed E-state index contributed by atoms with van der Waals surface area (Å²) in [5.74, 6) is -0.706. The van der Waals surface area contributed by atoms with Gasteiger partial charge >= 0.3 is 11.9 Å². The summed E-state index contributed by atoms with van der Waals surface area (Å²) in [7, 11) is 0. The minimum absolute atomic E-state index is 0.105. The van der Waals surface area contributed by atoms with Crippen LogP contribution in [0.2, 0.25) is 0 Å². The minimum Gasteiger partial charge on any atom is -0.462 e. The van der Waals surface area contributed by atoms with Crippen molar-refractivity contribution >= 4 is 11.9 Å². The van der Waals surface area contributed by atoms with Crippen molar-refractivity contribution in [3.8, 4) is 0 Å². The van der Waals surface area contributed by atoms with Gasteiger partial charge in [-0.2, -0.15) is 0 Å². The summed E-state index contributed by atoms with van der Waals surface area (Å²) >= 11 is 0. The van der Waals surface area contributed by atoms with Gasteiger partial charge in [0, 0.05) is 12.8 Å². The van der Waals surface area contributed by atoms with E-state index < -0.39 is 12.1 Å². The van der Waals surface area contributed by atoms with Crippen LogP contribution in [-0.4, -0.2) is 36.4 Å². The SMILES string of the molecule is CC/C=C\C/C=C\C/C=C\C/C=C\C/C=C\C/C=C\CCC(=O)OC(CO)COC(=O)CCCCCCC/C=C\CCCCCCCC. The van der Waals surface area contributed by atoms with Crippen molar-refractivity contribution in [1.82, 2.24) is 0 Å². The van der Waals surface area contributed by atoms with Gasteiger partial charge in [0.1, 0.15) is 6.61 Å². The van der Waals surface area contributed by atoms with Crippen LogP contribution in [0, 0.1) is 0 Å². The van der Waals surface area contributed by atoms with Crippen molar-refractivity contribution in [1.29, 1.82) is 0 Å². The predicted octanol–water partition coefficient (Wildman–Crippen LogP) is 11.9. The highest BCUT2D eigenvalue weighted by atomic mass is 16.6. The first kappa shape index (κ1) is 45.1. The maximum atomic E-state index is 12.1. The molecule has 0 amide bonds. The molecule has 1 unspecified atom stereocenters. The van der Waals surface area contributed by atoms with E-state index in [0.717, 1.165) is 64.2 Å². The predicted molar refractivity (Wildman–Crippen MR) is 205 cm³/mol. The molecule has 5 heteroatoms. The Hall–Kier alpha value is -2.92. The van der Waals surface area contributed by atoms with Gasteiger partial charge in [0.05, 0.1) is 6.61 Å². The number of carbonyl (C=O) groups excluding carboxylic acids is 2. The average Bonchev–Trinajstić information content (AvgIpc) is 3.09. The van der Waals surface area contributed by atoms with E-state index in [1.807, 2.05) is 12.2 Å². The molecule has 0 aliphatic heterocycles. The highest BCUT2D eigenvalue weighted by Gasteiger charge is 2.15. The largest absolute Gasteiger partial charge is 0.462 e. The second-order valence-corrected chi connectivity index (χ2v) is 12.3. The fourth-order valence-electron chi connectivity index (χ4n) is 4.81. The molecule has 0 bridgehead atoms. The van der Waals surface area contributed by atoms with Crippen molar-refractivity contribution < 1.29 is 24.2 Å². The molecule has 0 radical (unpaired) electrons. The zero-order valence-corrected chi connectivity index (χ0v) is 30.7. The fourth-order valence-corrected chi connectivity index (χ4v) is 4.81. The number of hydrogen-bond donors (Lipinski definition) is 1. The molecule has 0 aliphatic carbocycles. The highest BCUT2D eigenvalue weighted by molar-refractivity contribution is 5.70. The van der Waals surface area contributed by atoms with Crippen LogP contribution in [0.5, 0.6) is 0 Å². The van der Waals surface area contributed by atoms with Crippen LogP contribution in [0.3, 0.4) is 0 Å². The number of esters is 2. The molecule has 0 aromatic carbocycles. The first-order chi connectivity index (χ1) is 23.6. The van der Waals surface area contributed by atoms with Crippen LogP contribution in [-0.2, 0) is 19.1 Å². The third-order valence-electron chi connectivity index (χ3n) is 7.69. The molecule has 0 saturated carbocycles. The molecule has 48 heavy (non-hydrogen) atoms. The molecule has 0 aromatic heterocycles. The van der Waals surface area contributed by atoms with E-state index in [2.05, 4.69) is 86.8 Å². The van der Waals surface area contributed by atoms with E-state index in [1.54, 1.807) is 0 Å². The summed E-state index contributed by atoms with van der Waals surface area (Å²) < 4.78 is 10.5. The quantitative estimate of drug-likeness (QED) is 0.0429. The Kier molecular flexibility index (Phi) is 36.2. The number of aliphatic hydroxyl groups is 1. The van der Waals surface area contributed by atoms with Crippen LogP contribution in [0.15, 0.2) is 85.1 Å². The average molecular weight is 667 g/mol. The Bertz CT molecular complexity index is 937. The molecule has 1 N–H and O–H groups in total. The van der Waals surface area contributed by atoms with E-state index in [4.69, 9.17) is 9.47 Å². The molecule has 0 aliphatic rings. The lowest BCUT2D eigenvalue weighted by molar-refractivity contribution is -0.161. The van der Waals surface area contributed by atoms with Crippen LogP contribution in [0.1, 0.15) is 155 Å². The first-order valence-electron chi connectivity index (χ1n) is 19.1. The Balaban J connectivity index is 3.74. The second-order valence-electron chi connectivity index (χ2n) is 12.3. The molecule has 0 fully saturated rings. The van der Waals surface area contributed by atoms with E-state index >= 15 is 0 Å². The van der Waals surface area contributed by atoms with Gasteiger partial charge in [-0.25, -0.2) is 0 Å². The first-order valence-corrected chi connectivity index (χ1v) is 19.1. The van der Waals surface area contributed by atoms with Crippen molar-refractivity contribution in [3.05, 3.63) is 85.1 Å². The van der Waals surface area contributed by atoms with Crippen molar-refractivity contribution in [2.24, 2.45) is 0 Å². The van der Waals surface area contributed by atoms with Gasteiger partial charge in [-0.15, -0.1) is 0 Å². The molecule has 1 atom stereocenters. The topological polar surface area (TPSA) is 72.8 Å². The maximum Gasteiger partial charge on any atom is 0.306 e. The van der Waals surface area contributed by atoms with E-state index in [1.165, 1.54) is 57.8 Å². The van der Waals surface area contributed by atoms with Crippen LogP contribution < -0.4 is 0 Å². The zero-order valence-electron chi connectivity index (χ0n) is 30.7. The number of ether oxygens (including phenoxy) is 2. The molecule has 5 nitrogen and oxygen atoms in total. The number of unbranched alkanes of at least 4 members (excludes halogenated alkanes) is 11. The summed E-state index contributed by atoms with van der Waals surface area (Å²) in [4.78, 5) is 24.2. The van der Waals surface area contributed by atoms with Gasteiger partial charge in [-0.1, -0.05) is 150 Å². The lowest BCUT2D eigenvalue weighted by Crippen LogP contribution is -2.28. The summed E-state index contributed by atoms with van der Waals surface area (Å²) in [6, 6.07) is 0. The molecule has 0 rings (SSSR count). The van der Waals surface area contributed by atoms with Gasteiger partial charge in [0.25, 0.3) is 0 Å². The molecular weight excluding hydrogens is 596 g/mol. The summed E-state index contributed by atoms with van der Waals surface area (Å²) in [6.45, 7) is 3.93. The van der Waals surface area contributed by atoms with Crippen molar-refractivity contribution in [2.45, 2.75) is 161 Å². The highest BCUT2D eigenvalue weighted by Crippen LogP contribution is 2.11. The summed E-state index contributed by atoms with van der Waals surface area (Å²) in [5.41, 5.74) is 0. The maximum absolute atomic E-state index is 12.1. The van der Waals surface area contributed by atoms with Crippen LogP contribution in [0.4, 0.5) is 0 Å². The minimum atomic E-state index is -0.819. The van der Waals surface area contributed by atoms with Crippen molar-refractivity contribution in [2.75, 3.05) is 13.2 Å². The standard InChI is InChI=1S/C43H70O5/c1-3-5-7-9-11-13-15-17-19-20-21-22-24-26-28-30-32-34-36-38-43(46)48-41(39-44)40-47-42(45)37-35-33-31-29-27-25-23-18-16-14-12-10-8-6-4-2/h5,7,11,13,17-19,21-23,26,28,32,34,41,44H,3-4,6,8-10,12,14-16,20,24-25,27,29-31,33,35-40H2,1-2H3/b7-5-,13-11-,19-17-,22-21-,23-18-,28-26-,34-32-. The number of hydrogen-bond acceptors (Lipinski definition) is 5. The molecule has 272 valence electrons. The number of carbonyl (C=O) groups is 2. The lowest BCUT2D eigenvalue weighted by Gasteiger charge is -2.15. The van der Waals surface area contributed by atoms with Gasteiger partial charge in [-0.05, 0) is 77.0 Å². The van der Waals surface area contributed by atoms with Gasteiger partial charge < -0.3 is 14.6 Å². The summed E-state index contributed by atoms with van der Waals surface area (Å²) in [6.07, 6.45) is 52.2. The molecule has 0 aromatic rings.